The summed E-state index contributed by atoms with van der Waals surface area (Å²) in [7, 11) is 1.59. The number of ether oxygens (including phenoxy) is 1. The van der Waals surface area contributed by atoms with Gasteiger partial charge in [-0.25, -0.2) is 0 Å². The molecule has 0 radical (unpaired) electrons. The summed E-state index contributed by atoms with van der Waals surface area (Å²) in [5.74, 6) is 0.621. The molecule has 0 saturated heterocycles. The number of nitrogens with zero attached hydrogens (tertiary/aromatic N) is 1. The summed E-state index contributed by atoms with van der Waals surface area (Å²) in [5.41, 5.74) is 4.22. The number of pyridine rings is 1. The van der Waals surface area contributed by atoms with Crippen molar-refractivity contribution in [2.24, 2.45) is 0 Å². The van der Waals surface area contributed by atoms with Crippen molar-refractivity contribution < 1.29 is 9.84 Å². The highest BCUT2D eigenvalue weighted by molar-refractivity contribution is 5.40. The molecule has 19 heavy (non-hydrogen) atoms. The van der Waals surface area contributed by atoms with Gasteiger partial charge in [-0.2, -0.15) is 0 Å². The predicted octanol–water partition coefficient (Wildman–Crippen LogP) is 2.66. The molecular formula is C16H17NO2. The highest BCUT2D eigenvalue weighted by Gasteiger charge is 2.19. The normalized spacial score (nSPS) is 15.1. The molecule has 1 unspecified atom stereocenters. The summed E-state index contributed by atoms with van der Waals surface area (Å²) < 4.78 is 5.26. The molecular weight excluding hydrogens is 238 g/mol. The van der Waals surface area contributed by atoms with Crippen molar-refractivity contribution in [2.75, 3.05) is 7.11 Å². The maximum Gasteiger partial charge on any atom is 0.143 e. The Hall–Kier alpha value is -1.87. The van der Waals surface area contributed by atoms with E-state index in [0.717, 1.165) is 18.4 Å². The molecule has 1 heterocycles. The van der Waals surface area contributed by atoms with Gasteiger partial charge in [0, 0.05) is 6.20 Å². The van der Waals surface area contributed by atoms with Gasteiger partial charge in [0.05, 0.1) is 7.11 Å². The van der Waals surface area contributed by atoms with Crippen LogP contribution < -0.4 is 4.74 Å². The minimum absolute atomic E-state index is 0.572. The molecule has 0 aliphatic heterocycles. The van der Waals surface area contributed by atoms with E-state index in [-0.39, 0.29) is 0 Å². The SMILES string of the molecule is COc1cccnc1C(O)c1ccc2c(c1)CCC2. The standard InChI is InChI=1S/C16H17NO2/c1-19-14-6-3-9-17-15(14)16(18)13-8-7-11-4-2-5-12(11)10-13/h3,6-10,16,18H,2,4-5H2,1H3. The molecule has 0 amide bonds. The van der Waals surface area contributed by atoms with Crippen LogP contribution in [0.5, 0.6) is 5.75 Å². The van der Waals surface area contributed by atoms with Crippen molar-refractivity contribution >= 4 is 0 Å². The van der Waals surface area contributed by atoms with Gasteiger partial charge < -0.3 is 9.84 Å². The predicted molar refractivity (Wildman–Crippen MR) is 73.3 cm³/mol. The fourth-order valence-corrected chi connectivity index (χ4v) is 2.70. The van der Waals surface area contributed by atoms with E-state index in [1.165, 1.54) is 17.5 Å². The van der Waals surface area contributed by atoms with Crippen molar-refractivity contribution in [2.45, 2.75) is 25.4 Å². The Balaban J connectivity index is 1.97. The second kappa shape index (κ2) is 5.02. The van der Waals surface area contributed by atoms with Crippen LogP contribution in [0.1, 0.15) is 34.9 Å². The lowest BCUT2D eigenvalue weighted by atomic mass is 10.0. The third kappa shape index (κ3) is 2.22. The summed E-state index contributed by atoms with van der Waals surface area (Å²) in [5, 5.41) is 10.5. The Morgan fingerprint density at radius 2 is 2.05 bits per heavy atom. The Kier molecular flexibility index (Phi) is 3.22. The first-order chi connectivity index (χ1) is 9.29. The van der Waals surface area contributed by atoms with Crippen LogP contribution in [0.3, 0.4) is 0 Å². The summed E-state index contributed by atoms with van der Waals surface area (Å²) >= 11 is 0. The Morgan fingerprint density at radius 3 is 2.89 bits per heavy atom. The number of aliphatic hydroxyl groups is 1. The monoisotopic (exact) mass is 255 g/mol. The molecule has 3 heteroatoms. The number of hydrogen-bond donors (Lipinski definition) is 1. The van der Waals surface area contributed by atoms with Crippen LogP contribution in [0, 0.1) is 0 Å². The molecule has 0 bridgehead atoms. The number of hydrogen-bond acceptors (Lipinski definition) is 3. The van der Waals surface area contributed by atoms with Gasteiger partial charge in [-0.05, 0) is 48.1 Å². The zero-order valence-electron chi connectivity index (χ0n) is 11.0. The van der Waals surface area contributed by atoms with Gasteiger partial charge in [-0.1, -0.05) is 18.2 Å². The van der Waals surface area contributed by atoms with E-state index in [1.807, 2.05) is 12.1 Å². The van der Waals surface area contributed by atoms with Gasteiger partial charge in [0.1, 0.15) is 17.5 Å². The first-order valence-corrected chi connectivity index (χ1v) is 6.58. The lowest BCUT2D eigenvalue weighted by Crippen LogP contribution is -2.05. The summed E-state index contributed by atoms with van der Waals surface area (Å²) in [4.78, 5) is 4.24. The van der Waals surface area contributed by atoms with Crippen LogP contribution in [-0.2, 0) is 12.8 Å². The first-order valence-electron chi connectivity index (χ1n) is 6.58. The van der Waals surface area contributed by atoms with Crippen molar-refractivity contribution in [1.82, 2.24) is 4.98 Å². The number of fused-ring (bicyclic) bond motifs is 1. The average Bonchev–Trinajstić information content (AvgIpc) is 2.93. The second-order valence-electron chi connectivity index (χ2n) is 4.88. The quantitative estimate of drug-likeness (QED) is 0.916. The van der Waals surface area contributed by atoms with Crippen LogP contribution >= 0.6 is 0 Å². The highest BCUT2D eigenvalue weighted by Crippen LogP contribution is 2.31. The molecule has 0 spiro atoms. The Bertz CT molecular complexity index is 595. The average molecular weight is 255 g/mol. The Morgan fingerprint density at radius 1 is 1.21 bits per heavy atom. The third-order valence-corrected chi connectivity index (χ3v) is 3.72. The zero-order valence-corrected chi connectivity index (χ0v) is 11.0. The van der Waals surface area contributed by atoms with Crippen molar-refractivity contribution in [1.29, 1.82) is 0 Å². The molecule has 2 aromatic rings. The summed E-state index contributed by atoms with van der Waals surface area (Å²) in [6.07, 6.45) is 4.41. The van der Waals surface area contributed by atoms with Gasteiger partial charge in [0.2, 0.25) is 0 Å². The molecule has 0 fully saturated rings. The zero-order chi connectivity index (χ0) is 13.2. The lowest BCUT2D eigenvalue weighted by Gasteiger charge is -2.14. The molecule has 3 rings (SSSR count). The van der Waals surface area contributed by atoms with E-state index in [9.17, 15) is 5.11 Å². The van der Waals surface area contributed by atoms with Gasteiger partial charge >= 0.3 is 0 Å². The van der Waals surface area contributed by atoms with E-state index in [2.05, 4.69) is 17.1 Å². The molecule has 0 saturated carbocycles. The number of benzene rings is 1. The van der Waals surface area contributed by atoms with Crippen LogP contribution in [-0.4, -0.2) is 17.2 Å². The van der Waals surface area contributed by atoms with Crippen molar-refractivity contribution in [3.63, 3.8) is 0 Å². The topological polar surface area (TPSA) is 42.4 Å². The van der Waals surface area contributed by atoms with E-state index in [4.69, 9.17) is 4.74 Å². The largest absolute Gasteiger partial charge is 0.495 e. The fourth-order valence-electron chi connectivity index (χ4n) is 2.70. The molecule has 1 atom stereocenters. The third-order valence-electron chi connectivity index (χ3n) is 3.72. The molecule has 1 aromatic carbocycles. The number of aliphatic hydroxyl groups excluding tert-OH is 1. The van der Waals surface area contributed by atoms with Gasteiger partial charge in [0.15, 0.2) is 0 Å². The van der Waals surface area contributed by atoms with E-state index in [0.29, 0.717) is 11.4 Å². The number of methoxy groups -OCH3 is 1. The van der Waals surface area contributed by atoms with E-state index < -0.39 is 6.10 Å². The van der Waals surface area contributed by atoms with Gasteiger partial charge in [-0.3, -0.25) is 4.98 Å². The minimum Gasteiger partial charge on any atom is -0.495 e. The molecule has 1 aliphatic rings. The maximum atomic E-state index is 10.5. The van der Waals surface area contributed by atoms with E-state index in [1.54, 1.807) is 19.4 Å². The molecule has 98 valence electrons. The van der Waals surface area contributed by atoms with Crippen LogP contribution in [0.4, 0.5) is 0 Å². The van der Waals surface area contributed by atoms with Crippen LogP contribution in [0.25, 0.3) is 0 Å². The fraction of sp³-hybridized carbons (Fsp3) is 0.312. The molecule has 1 N–H and O–H groups in total. The molecule has 3 nitrogen and oxygen atoms in total. The molecule has 1 aliphatic carbocycles. The number of aryl methyl sites for hydroxylation is 2. The summed E-state index contributed by atoms with van der Waals surface area (Å²) in [6.45, 7) is 0. The smallest absolute Gasteiger partial charge is 0.143 e. The number of aromatic nitrogens is 1. The van der Waals surface area contributed by atoms with Gasteiger partial charge in [-0.15, -0.1) is 0 Å². The molecule has 1 aromatic heterocycles. The Labute approximate surface area is 112 Å². The van der Waals surface area contributed by atoms with E-state index >= 15 is 0 Å². The van der Waals surface area contributed by atoms with Crippen LogP contribution in [0.15, 0.2) is 36.5 Å². The summed E-state index contributed by atoms with van der Waals surface area (Å²) in [6, 6.07) is 9.83. The lowest BCUT2D eigenvalue weighted by molar-refractivity contribution is 0.209. The highest BCUT2D eigenvalue weighted by atomic mass is 16.5. The number of rotatable bonds is 3. The first kappa shape index (κ1) is 12.2. The maximum absolute atomic E-state index is 10.5. The van der Waals surface area contributed by atoms with Crippen LogP contribution in [0.2, 0.25) is 0 Å². The van der Waals surface area contributed by atoms with Crippen molar-refractivity contribution in [3.8, 4) is 5.75 Å². The van der Waals surface area contributed by atoms with Crippen molar-refractivity contribution in [3.05, 3.63) is 58.9 Å². The van der Waals surface area contributed by atoms with Gasteiger partial charge in [0.25, 0.3) is 0 Å². The second-order valence-corrected chi connectivity index (χ2v) is 4.88. The minimum atomic E-state index is -0.734.